The Morgan fingerprint density at radius 2 is 1.80 bits per heavy atom. The average molecular weight is 297 g/mol. The van der Waals surface area contributed by atoms with Crippen LogP contribution in [0.25, 0.3) is 0 Å². The molecule has 0 aliphatic heterocycles. The summed E-state index contributed by atoms with van der Waals surface area (Å²) >= 11 is 0. The van der Waals surface area contributed by atoms with Crippen LogP contribution in [0.2, 0.25) is 0 Å². The predicted molar refractivity (Wildman–Crippen MR) is 79.0 cm³/mol. The van der Waals surface area contributed by atoms with Crippen molar-refractivity contribution in [2.45, 2.75) is 43.9 Å². The zero-order valence-corrected chi connectivity index (χ0v) is 12.7. The van der Waals surface area contributed by atoms with E-state index in [1.54, 1.807) is 12.1 Å². The highest BCUT2D eigenvalue weighted by molar-refractivity contribution is 7.89. The van der Waals surface area contributed by atoms with Gasteiger partial charge in [-0.05, 0) is 37.0 Å². The van der Waals surface area contributed by atoms with Crippen LogP contribution in [0.4, 0.5) is 0 Å². The molecule has 1 aromatic rings. The third-order valence-corrected chi connectivity index (χ3v) is 5.70. The van der Waals surface area contributed by atoms with E-state index >= 15 is 0 Å². The standard InChI is InChI=1S/C15H23NO3S/c1-2-13-5-7-14(8-6-13)20(18,19)16-11-15(12-17)9-3-4-10-15/h5-8,16-17H,2-4,9-12H2,1H3. The first-order valence-electron chi connectivity index (χ1n) is 7.21. The Morgan fingerprint density at radius 3 is 2.30 bits per heavy atom. The summed E-state index contributed by atoms with van der Waals surface area (Å²) in [6, 6.07) is 6.96. The molecular formula is C15H23NO3S. The van der Waals surface area contributed by atoms with E-state index in [1.807, 2.05) is 19.1 Å². The first-order chi connectivity index (χ1) is 9.51. The number of aryl methyl sites for hydroxylation is 1. The molecule has 112 valence electrons. The minimum absolute atomic E-state index is 0.0459. The number of hydrogen-bond donors (Lipinski definition) is 2. The topological polar surface area (TPSA) is 66.4 Å². The van der Waals surface area contributed by atoms with Gasteiger partial charge in [0.25, 0.3) is 0 Å². The molecule has 1 saturated carbocycles. The highest BCUT2D eigenvalue weighted by Gasteiger charge is 2.34. The molecule has 0 aromatic heterocycles. The molecule has 0 amide bonds. The Hall–Kier alpha value is -0.910. The molecule has 1 aliphatic carbocycles. The molecule has 1 aromatic carbocycles. The zero-order valence-electron chi connectivity index (χ0n) is 11.9. The summed E-state index contributed by atoms with van der Waals surface area (Å²) in [6.07, 6.45) is 4.80. The van der Waals surface area contributed by atoms with Crippen LogP contribution >= 0.6 is 0 Å². The zero-order chi connectivity index (χ0) is 14.6. The first-order valence-corrected chi connectivity index (χ1v) is 8.69. The maximum absolute atomic E-state index is 12.3. The summed E-state index contributed by atoms with van der Waals surface area (Å²) in [6.45, 7) is 2.40. The molecule has 0 saturated heterocycles. The number of benzene rings is 1. The van der Waals surface area contributed by atoms with Crippen LogP contribution in [0.1, 0.15) is 38.2 Å². The molecule has 2 N–H and O–H groups in total. The molecule has 0 atom stereocenters. The van der Waals surface area contributed by atoms with Crippen LogP contribution in [0.15, 0.2) is 29.2 Å². The molecule has 1 fully saturated rings. The van der Waals surface area contributed by atoms with E-state index in [0.29, 0.717) is 11.4 Å². The van der Waals surface area contributed by atoms with Gasteiger partial charge in [-0.3, -0.25) is 0 Å². The number of aliphatic hydroxyl groups is 1. The van der Waals surface area contributed by atoms with Gasteiger partial charge in [0.15, 0.2) is 0 Å². The fourth-order valence-corrected chi connectivity index (χ4v) is 3.91. The van der Waals surface area contributed by atoms with Crippen LogP contribution in [0.3, 0.4) is 0 Å². The second-order valence-corrected chi connectivity index (χ2v) is 7.45. The van der Waals surface area contributed by atoms with Gasteiger partial charge >= 0.3 is 0 Å². The maximum atomic E-state index is 12.3. The molecule has 1 aliphatic rings. The maximum Gasteiger partial charge on any atom is 0.240 e. The van der Waals surface area contributed by atoms with Crippen LogP contribution < -0.4 is 4.72 Å². The van der Waals surface area contributed by atoms with E-state index in [0.717, 1.165) is 37.7 Å². The van der Waals surface area contributed by atoms with Crippen molar-refractivity contribution < 1.29 is 13.5 Å². The van der Waals surface area contributed by atoms with E-state index in [1.165, 1.54) is 0 Å². The third-order valence-electron chi connectivity index (χ3n) is 4.28. The van der Waals surface area contributed by atoms with Crippen LogP contribution in [-0.2, 0) is 16.4 Å². The summed E-state index contributed by atoms with van der Waals surface area (Å²) in [5, 5.41) is 9.52. The number of aliphatic hydroxyl groups excluding tert-OH is 1. The van der Waals surface area contributed by atoms with Crippen LogP contribution in [0, 0.1) is 5.41 Å². The number of rotatable bonds is 6. The van der Waals surface area contributed by atoms with Gasteiger partial charge in [0.05, 0.1) is 4.90 Å². The van der Waals surface area contributed by atoms with Crippen molar-refractivity contribution >= 4 is 10.0 Å². The van der Waals surface area contributed by atoms with E-state index in [2.05, 4.69) is 4.72 Å². The number of sulfonamides is 1. The smallest absolute Gasteiger partial charge is 0.240 e. The van der Waals surface area contributed by atoms with Crippen molar-refractivity contribution in [2.24, 2.45) is 5.41 Å². The molecular weight excluding hydrogens is 274 g/mol. The molecule has 5 heteroatoms. The van der Waals surface area contributed by atoms with Gasteiger partial charge in [0.2, 0.25) is 10.0 Å². The lowest BCUT2D eigenvalue weighted by Gasteiger charge is -2.26. The van der Waals surface area contributed by atoms with Crippen LogP contribution in [-0.4, -0.2) is 26.7 Å². The van der Waals surface area contributed by atoms with Crippen molar-refractivity contribution in [3.8, 4) is 0 Å². The van der Waals surface area contributed by atoms with E-state index < -0.39 is 10.0 Å². The summed E-state index contributed by atoms with van der Waals surface area (Å²) in [7, 11) is -3.48. The van der Waals surface area contributed by atoms with E-state index in [9.17, 15) is 13.5 Å². The van der Waals surface area contributed by atoms with Crippen molar-refractivity contribution in [3.63, 3.8) is 0 Å². The summed E-state index contributed by atoms with van der Waals surface area (Å²) in [5.74, 6) is 0. The molecule has 20 heavy (non-hydrogen) atoms. The summed E-state index contributed by atoms with van der Waals surface area (Å²) < 4.78 is 27.2. The third kappa shape index (κ3) is 3.40. The fraction of sp³-hybridized carbons (Fsp3) is 0.600. The Morgan fingerprint density at radius 1 is 1.20 bits per heavy atom. The molecule has 0 spiro atoms. The summed E-state index contributed by atoms with van der Waals surface area (Å²) in [4.78, 5) is 0.292. The first kappa shape index (κ1) is 15.5. The number of nitrogens with one attached hydrogen (secondary N) is 1. The van der Waals surface area contributed by atoms with Gasteiger partial charge in [-0.2, -0.15) is 0 Å². The lowest BCUT2D eigenvalue weighted by molar-refractivity contribution is 0.134. The van der Waals surface area contributed by atoms with Crippen molar-refractivity contribution in [2.75, 3.05) is 13.2 Å². The molecule has 2 rings (SSSR count). The Balaban J connectivity index is 2.06. The molecule has 4 nitrogen and oxygen atoms in total. The fourth-order valence-electron chi connectivity index (χ4n) is 2.75. The SMILES string of the molecule is CCc1ccc(S(=O)(=O)NCC2(CO)CCCC2)cc1. The van der Waals surface area contributed by atoms with Crippen LogP contribution in [0.5, 0.6) is 0 Å². The number of hydrogen-bond acceptors (Lipinski definition) is 3. The van der Waals surface area contributed by atoms with E-state index in [-0.39, 0.29) is 12.0 Å². The Bertz CT molecular complexity index is 531. The largest absolute Gasteiger partial charge is 0.396 e. The Labute approximate surface area is 121 Å². The van der Waals surface area contributed by atoms with Gasteiger partial charge in [-0.15, -0.1) is 0 Å². The van der Waals surface area contributed by atoms with Gasteiger partial charge < -0.3 is 5.11 Å². The van der Waals surface area contributed by atoms with E-state index in [4.69, 9.17) is 0 Å². The molecule has 0 heterocycles. The quantitative estimate of drug-likeness (QED) is 0.845. The molecule has 0 bridgehead atoms. The predicted octanol–water partition coefficient (Wildman–Crippen LogP) is 2.08. The Kier molecular flexibility index (Phi) is 4.83. The minimum atomic E-state index is -3.48. The highest BCUT2D eigenvalue weighted by Crippen LogP contribution is 2.37. The monoisotopic (exact) mass is 297 g/mol. The normalized spacial score (nSPS) is 18.3. The highest BCUT2D eigenvalue weighted by atomic mass is 32.2. The van der Waals surface area contributed by atoms with Crippen molar-refractivity contribution in [1.82, 2.24) is 4.72 Å². The van der Waals surface area contributed by atoms with Gasteiger partial charge in [0, 0.05) is 18.6 Å². The van der Waals surface area contributed by atoms with Gasteiger partial charge in [0.1, 0.15) is 0 Å². The molecule has 0 radical (unpaired) electrons. The average Bonchev–Trinajstić information content (AvgIpc) is 2.95. The van der Waals surface area contributed by atoms with Crippen molar-refractivity contribution in [1.29, 1.82) is 0 Å². The lowest BCUT2D eigenvalue weighted by atomic mass is 9.88. The minimum Gasteiger partial charge on any atom is -0.396 e. The lowest BCUT2D eigenvalue weighted by Crippen LogP contribution is -2.38. The molecule has 0 unspecified atom stereocenters. The van der Waals surface area contributed by atoms with Gasteiger partial charge in [-0.25, -0.2) is 13.1 Å². The summed E-state index contributed by atoms with van der Waals surface area (Å²) in [5.41, 5.74) is 0.850. The second-order valence-electron chi connectivity index (χ2n) is 5.69. The van der Waals surface area contributed by atoms with Crippen molar-refractivity contribution in [3.05, 3.63) is 29.8 Å². The van der Waals surface area contributed by atoms with Gasteiger partial charge in [-0.1, -0.05) is 31.9 Å². The second kappa shape index (κ2) is 6.24.